The van der Waals surface area contributed by atoms with Crippen molar-refractivity contribution in [2.75, 3.05) is 19.7 Å². The first kappa shape index (κ1) is 15.0. The molecule has 1 aliphatic heterocycles. The van der Waals surface area contributed by atoms with Gasteiger partial charge in [-0.05, 0) is 42.5 Å². The monoisotopic (exact) mass is 285 g/mol. The fourth-order valence-corrected chi connectivity index (χ4v) is 2.28. The van der Waals surface area contributed by atoms with Crippen LogP contribution in [-0.2, 0) is 0 Å². The summed E-state index contributed by atoms with van der Waals surface area (Å²) in [5.74, 6) is 1.25. The van der Waals surface area contributed by atoms with Gasteiger partial charge < -0.3 is 14.8 Å². The van der Waals surface area contributed by atoms with Crippen molar-refractivity contribution in [3.63, 3.8) is 0 Å². The summed E-state index contributed by atoms with van der Waals surface area (Å²) in [7, 11) is 0. The zero-order valence-corrected chi connectivity index (χ0v) is 11.9. The molecule has 1 fully saturated rings. The number of benzene rings is 1. The van der Waals surface area contributed by atoms with Crippen LogP contribution < -0.4 is 14.8 Å². The Balaban J connectivity index is 2.18. The van der Waals surface area contributed by atoms with E-state index < -0.39 is 6.61 Å². The second-order valence-electron chi connectivity index (χ2n) is 5.48. The van der Waals surface area contributed by atoms with E-state index in [1.807, 2.05) is 26.0 Å². The number of ether oxygens (including phenoxy) is 2. The minimum Gasteiger partial charge on any atom is -0.489 e. The van der Waals surface area contributed by atoms with E-state index in [0.717, 1.165) is 25.1 Å². The van der Waals surface area contributed by atoms with Crippen molar-refractivity contribution in [1.29, 1.82) is 0 Å². The van der Waals surface area contributed by atoms with Crippen LogP contribution in [0.4, 0.5) is 8.78 Å². The average molecular weight is 285 g/mol. The zero-order chi connectivity index (χ0) is 14.5. The van der Waals surface area contributed by atoms with Gasteiger partial charge in [0.1, 0.15) is 0 Å². The van der Waals surface area contributed by atoms with E-state index in [1.54, 1.807) is 6.07 Å². The van der Waals surface area contributed by atoms with Gasteiger partial charge >= 0.3 is 6.61 Å². The summed E-state index contributed by atoms with van der Waals surface area (Å²) in [5.41, 5.74) is 1.11. The van der Waals surface area contributed by atoms with Crippen LogP contribution in [0.25, 0.3) is 0 Å². The molecule has 1 aromatic rings. The maximum Gasteiger partial charge on any atom is 0.387 e. The molecular formula is C15H21F2NO2. The quantitative estimate of drug-likeness (QED) is 0.869. The molecule has 1 N–H and O–H groups in total. The predicted molar refractivity (Wildman–Crippen MR) is 73.6 cm³/mol. The van der Waals surface area contributed by atoms with Crippen LogP contribution in [0.3, 0.4) is 0 Å². The second kappa shape index (κ2) is 6.88. The van der Waals surface area contributed by atoms with Gasteiger partial charge in [-0.3, -0.25) is 0 Å². The lowest BCUT2D eigenvalue weighted by Crippen LogP contribution is -2.10. The topological polar surface area (TPSA) is 30.5 Å². The maximum atomic E-state index is 12.4. The third-order valence-corrected chi connectivity index (χ3v) is 3.29. The molecule has 0 spiro atoms. The molecule has 1 saturated heterocycles. The second-order valence-corrected chi connectivity index (χ2v) is 5.48. The Morgan fingerprint density at radius 1 is 1.30 bits per heavy atom. The number of hydrogen-bond acceptors (Lipinski definition) is 3. The van der Waals surface area contributed by atoms with Gasteiger partial charge in [0.05, 0.1) is 6.61 Å². The van der Waals surface area contributed by atoms with Gasteiger partial charge in [-0.25, -0.2) is 0 Å². The fraction of sp³-hybridized carbons (Fsp3) is 0.600. The summed E-state index contributed by atoms with van der Waals surface area (Å²) in [5, 5.41) is 3.30. The largest absolute Gasteiger partial charge is 0.489 e. The molecule has 1 heterocycles. The minimum atomic E-state index is -2.84. The molecule has 2 rings (SSSR count). The highest BCUT2D eigenvalue weighted by Gasteiger charge is 2.19. The highest BCUT2D eigenvalue weighted by atomic mass is 19.3. The molecule has 1 aromatic carbocycles. The smallest absolute Gasteiger partial charge is 0.387 e. The van der Waals surface area contributed by atoms with E-state index in [9.17, 15) is 8.78 Å². The number of alkyl halides is 2. The van der Waals surface area contributed by atoms with Crippen LogP contribution in [0, 0.1) is 5.92 Å². The molecule has 112 valence electrons. The molecule has 3 nitrogen and oxygen atoms in total. The Hall–Kier alpha value is -1.36. The highest BCUT2D eigenvalue weighted by Crippen LogP contribution is 2.34. The van der Waals surface area contributed by atoms with E-state index in [-0.39, 0.29) is 5.75 Å². The first-order chi connectivity index (χ1) is 9.56. The Morgan fingerprint density at radius 2 is 2.10 bits per heavy atom. The van der Waals surface area contributed by atoms with Crippen molar-refractivity contribution in [2.45, 2.75) is 32.8 Å². The highest BCUT2D eigenvalue weighted by molar-refractivity contribution is 5.44. The van der Waals surface area contributed by atoms with Crippen LogP contribution in [-0.4, -0.2) is 26.3 Å². The lowest BCUT2D eigenvalue weighted by atomic mass is 9.98. The molecule has 0 amide bonds. The van der Waals surface area contributed by atoms with Gasteiger partial charge in [0, 0.05) is 6.54 Å². The standard InChI is InChI=1S/C15H21F2NO2/c1-10(2)9-19-14-7-11(12-5-6-18-8-12)3-4-13(14)20-15(16)17/h3-4,7,10,12,15,18H,5-6,8-9H2,1-2H3/t12-/m1/s1. The van der Waals surface area contributed by atoms with Crippen molar-refractivity contribution >= 4 is 0 Å². The van der Waals surface area contributed by atoms with Gasteiger partial charge in [-0.2, -0.15) is 8.78 Å². The normalized spacial score (nSPS) is 18.8. The van der Waals surface area contributed by atoms with Crippen molar-refractivity contribution in [1.82, 2.24) is 5.32 Å². The number of rotatable bonds is 6. The summed E-state index contributed by atoms with van der Waals surface area (Å²) in [6, 6.07) is 5.25. The van der Waals surface area contributed by atoms with Crippen LogP contribution in [0.15, 0.2) is 18.2 Å². The van der Waals surface area contributed by atoms with Crippen LogP contribution in [0.5, 0.6) is 11.5 Å². The number of nitrogens with one attached hydrogen (secondary N) is 1. The van der Waals surface area contributed by atoms with Crippen LogP contribution in [0.2, 0.25) is 0 Å². The third kappa shape index (κ3) is 4.07. The molecule has 1 atom stereocenters. The first-order valence-corrected chi connectivity index (χ1v) is 6.98. The molecule has 0 aromatic heterocycles. The van der Waals surface area contributed by atoms with E-state index in [2.05, 4.69) is 10.1 Å². The predicted octanol–water partition coefficient (Wildman–Crippen LogP) is 3.40. The van der Waals surface area contributed by atoms with Gasteiger partial charge in [0.25, 0.3) is 0 Å². The average Bonchev–Trinajstić information content (AvgIpc) is 2.90. The fourth-order valence-electron chi connectivity index (χ4n) is 2.28. The molecule has 5 heteroatoms. The molecule has 0 saturated carbocycles. The summed E-state index contributed by atoms with van der Waals surface area (Å²) in [4.78, 5) is 0. The molecule has 0 radical (unpaired) electrons. The number of halogens is 2. The summed E-state index contributed by atoms with van der Waals surface area (Å²) >= 11 is 0. The molecule has 20 heavy (non-hydrogen) atoms. The Morgan fingerprint density at radius 3 is 2.70 bits per heavy atom. The van der Waals surface area contributed by atoms with E-state index in [1.165, 1.54) is 0 Å². The van der Waals surface area contributed by atoms with E-state index in [4.69, 9.17) is 4.74 Å². The summed E-state index contributed by atoms with van der Waals surface area (Å²) in [6.07, 6.45) is 1.05. The van der Waals surface area contributed by atoms with Gasteiger partial charge in [-0.15, -0.1) is 0 Å². The lowest BCUT2D eigenvalue weighted by Gasteiger charge is -2.16. The summed E-state index contributed by atoms with van der Waals surface area (Å²) in [6.45, 7) is 3.57. The minimum absolute atomic E-state index is 0.107. The van der Waals surface area contributed by atoms with Crippen molar-refractivity contribution in [3.05, 3.63) is 23.8 Å². The third-order valence-electron chi connectivity index (χ3n) is 3.29. The van der Waals surface area contributed by atoms with Gasteiger partial charge in [0.2, 0.25) is 0 Å². The zero-order valence-electron chi connectivity index (χ0n) is 11.9. The van der Waals surface area contributed by atoms with Crippen molar-refractivity contribution in [2.24, 2.45) is 5.92 Å². The van der Waals surface area contributed by atoms with Crippen LogP contribution >= 0.6 is 0 Å². The molecule has 0 aliphatic carbocycles. The van der Waals surface area contributed by atoms with Gasteiger partial charge in [0.15, 0.2) is 11.5 Å². The molecular weight excluding hydrogens is 264 g/mol. The molecule has 0 bridgehead atoms. The van der Waals surface area contributed by atoms with E-state index in [0.29, 0.717) is 24.2 Å². The Kier molecular flexibility index (Phi) is 5.17. The maximum absolute atomic E-state index is 12.4. The molecule has 1 aliphatic rings. The van der Waals surface area contributed by atoms with Crippen molar-refractivity contribution in [3.8, 4) is 11.5 Å². The molecule has 0 unspecified atom stereocenters. The number of hydrogen-bond donors (Lipinski definition) is 1. The lowest BCUT2D eigenvalue weighted by molar-refractivity contribution is -0.0516. The van der Waals surface area contributed by atoms with Crippen molar-refractivity contribution < 1.29 is 18.3 Å². The SMILES string of the molecule is CC(C)COc1cc([C@@H]2CCNC2)ccc1OC(F)F. The Bertz CT molecular complexity index is 432. The first-order valence-electron chi connectivity index (χ1n) is 6.98. The van der Waals surface area contributed by atoms with E-state index >= 15 is 0 Å². The summed E-state index contributed by atoms with van der Waals surface area (Å²) < 4.78 is 35.0. The van der Waals surface area contributed by atoms with Gasteiger partial charge in [-0.1, -0.05) is 19.9 Å². The van der Waals surface area contributed by atoms with Crippen LogP contribution in [0.1, 0.15) is 31.7 Å². The Labute approximate surface area is 118 Å².